The van der Waals surface area contributed by atoms with E-state index in [4.69, 9.17) is 0 Å². The van der Waals surface area contributed by atoms with E-state index in [1.165, 1.54) is 13.2 Å². The molecule has 0 saturated carbocycles. The van der Waals surface area contributed by atoms with Crippen molar-refractivity contribution in [2.75, 3.05) is 0 Å². The van der Waals surface area contributed by atoms with Crippen LogP contribution in [0.25, 0.3) is 0 Å². The van der Waals surface area contributed by atoms with Crippen molar-refractivity contribution in [1.82, 2.24) is 9.55 Å². The van der Waals surface area contributed by atoms with Crippen LogP contribution in [0.3, 0.4) is 0 Å². The summed E-state index contributed by atoms with van der Waals surface area (Å²) in [4.78, 5) is 14.2. The SMILES string of the molecule is Cn1cc(C(C)(C)C)c(C(F)(F)F)nc1=O. The van der Waals surface area contributed by atoms with E-state index >= 15 is 0 Å². The Kier molecular flexibility index (Phi) is 2.87. The Morgan fingerprint density at radius 2 is 1.75 bits per heavy atom. The van der Waals surface area contributed by atoms with Crippen LogP contribution in [-0.2, 0) is 18.6 Å². The summed E-state index contributed by atoms with van der Waals surface area (Å²) < 4.78 is 39.1. The highest BCUT2D eigenvalue weighted by atomic mass is 19.4. The molecule has 0 aromatic carbocycles. The topological polar surface area (TPSA) is 34.9 Å². The lowest BCUT2D eigenvalue weighted by molar-refractivity contribution is -0.142. The van der Waals surface area contributed by atoms with E-state index < -0.39 is 23.0 Å². The molecule has 0 bridgehead atoms. The molecule has 0 aliphatic carbocycles. The van der Waals surface area contributed by atoms with Crippen molar-refractivity contribution < 1.29 is 13.2 Å². The van der Waals surface area contributed by atoms with Gasteiger partial charge in [-0.2, -0.15) is 18.2 Å². The van der Waals surface area contributed by atoms with Gasteiger partial charge in [0.15, 0.2) is 5.69 Å². The van der Waals surface area contributed by atoms with Crippen LogP contribution in [0.15, 0.2) is 11.0 Å². The number of alkyl halides is 3. The first-order chi connectivity index (χ1) is 7.03. The molecule has 3 nitrogen and oxygen atoms in total. The maximum absolute atomic E-state index is 12.7. The number of rotatable bonds is 0. The third-order valence-corrected chi connectivity index (χ3v) is 2.16. The lowest BCUT2D eigenvalue weighted by atomic mass is 9.86. The van der Waals surface area contributed by atoms with Crippen LogP contribution in [0.1, 0.15) is 32.0 Å². The molecule has 0 amide bonds. The number of aryl methyl sites for hydroxylation is 1. The predicted molar refractivity (Wildman–Crippen MR) is 53.2 cm³/mol. The van der Waals surface area contributed by atoms with Crippen molar-refractivity contribution in [3.05, 3.63) is 27.9 Å². The second-order valence-corrected chi connectivity index (χ2v) is 4.64. The van der Waals surface area contributed by atoms with Crippen LogP contribution < -0.4 is 5.69 Å². The van der Waals surface area contributed by atoms with Crippen LogP contribution in [0.2, 0.25) is 0 Å². The van der Waals surface area contributed by atoms with E-state index in [2.05, 4.69) is 4.98 Å². The smallest absolute Gasteiger partial charge is 0.302 e. The molecule has 1 heterocycles. The fraction of sp³-hybridized carbons (Fsp3) is 0.600. The number of nitrogens with zero attached hydrogens (tertiary/aromatic N) is 2. The molecule has 16 heavy (non-hydrogen) atoms. The lowest BCUT2D eigenvalue weighted by Crippen LogP contribution is -2.30. The number of hydrogen-bond acceptors (Lipinski definition) is 2. The molecule has 0 spiro atoms. The van der Waals surface area contributed by atoms with Crippen LogP contribution in [-0.4, -0.2) is 9.55 Å². The second kappa shape index (κ2) is 3.61. The average Bonchev–Trinajstić information content (AvgIpc) is 2.05. The molecular formula is C10H13F3N2O. The minimum absolute atomic E-state index is 0.0158. The van der Waals surface area contributed by atoms with E-state index in [-0.39, 0.29) is 5.56 Å². The van der Waals surface area contributed by atoms with Crippen molar-refractivity contribution in [3.63, 3.8) is 0 Å². The highest BCUT2D eigenvalue weighted by molar-refractivity contribution is 5.26. The van der Waals surface area contributed by atoms with Gasteiger partial charge in [-0.15, -0.1) is 0 Å². The molecule has 90 valence electrons. The van der Waals surface area contributed by atoms with Crippen LogP contribution in [0.5, 0.6) is 0 Å². The van der Waals surface area contributed by atoms with Gasteiger partial charge in [0, 0.05) is 18.8 Å². The van der Waals surface area contributed by atoms with E-state index in [1.54, 1.807) is 20.8 Å². The minimum Gasteiger partial charge on any atom is -0.302 e. The Hall–Kier alpha value is -1.33. The molecule has 0 saturated heterocycles. The standard InChI is InChI=1S/C10H13F3N2O/c1-9(2,3)6-5-15(4)8(16)14-7(6)10(11,12)13/h5H,1-4H3. The number of aromatic nitrogens is 2. The van der Waals surface area contributed by atoms with Gasteiger partial charge in [0.05, 0.1) is 0 Å². The van der Waals surface area contributed by atoms with E-state index in [0.717, 1.165) is 4.57 Å². The molecule has 0 fully saturated rings. The summed E-state index contributed by atoms with van der Waals surface area (Å²) in [6.45, 7) is 4.93. The Labute approximate surface area is 90.9 Å². The normalized spacial score (nSPS) is 12.9. The fourth-order valence-electron chi connectivity index (χ4n) is 1.31. The van der Waals surface area contributed by atoms with Crippen molar-refractivity contribution in [2.24, 2.45) is 7.05 Å². The summed E-state index contributed by atoms with van der Waals surface area (Å²) in [6, 6.07) is 0. The van der Waals surface area contributed by atoms with Gasteiger partial charge < -0.3 is 4.57 Å². The molecule has 1 aromatic heterocycles. The quantitative estimate of drug-likeness (QED) is 0.689. The first-order valence-electron chi connectivity index (χ1n) is 4.69. The monoisotopic (exact) mass is 234 g/mol. The highest BCUT2D eigenvalue weighted by Crippen LogP contribution is 2.34. The summed E-state index contributed by atoms with van der Waals surface area (Å²) in [5, 5.41) is 0. The van der Waals surface area contributed by atoms with Gasteiger partial charge in [0.1, 0.15) is 0 Å². The zero-order valence-electron chi connectivity index (χ0n) is 9.51. The van der Waals surface area contributed by atoms with E-state index in [1.807, 2.05) is 0 Å². The molecule has 0 aliphatic heterocycles. The maximum atomic E-state index is 12.7. The van der Waals surface area contributed by atoms with Crippen molar-refractivity contribution in [2.45, 2.75) is 32.4 Å². The minimum atomic E-state index is -4.60. The molecule has 0 aliphatic rings. The van der Waals surface area contributed by atoms with Gasteiger partial charge in [0.25, 0.3) is 0 Å². The number of hydrogen-bond donors (Lipinski definition) is 0. The third kappa shape index (κ3) is 2.43. The largest absolute Gasteiger partial charge is 0.433 e. The Morgan fingerprint density at radius 3 is 2.12 bits per heavy atom. The third-order valence-electron chi connectivity index (χ3n) is 2.16. The molecule has 1 rings (SSSR count). The van der Waals surface area contributed by atoms with Crippen LogP contribution >= 0.6 is 0 Å². The Bertz CT molecular complexity index is 455. The Morgan fingerprint density at radius 1 is 1.25 bits per heavy atom. The molecule has 0 unspecified atom stereocenters. The van der Waals surface area contributed by atoms with Crippen LogP contribution in [0.4, 0.5) is 13.2 Å². The highest BCUT2D eigenvalue weighted by Gasteiger charge is 2.39. The molecular weight excluding hydrogens is 221 g/mol. The molecule has 6 heteroatoms. The number of halogens is 3. The first-order valence-corrected chi connectivity index (χ1v) is 4.69. The van der Waals surface area contributed by atoms with Crippen LogP contribution in [0, 0.1) is 0 Å². The van der Waals surface area contributed by atoms with Gasteiger partial charge in [-0.3, -0.25) is 0 Å². The lowest BCUT2D eigenvalue weighted by Gasteiger charge is -2.23. The van der Waals surface area contributed by atoms with Crippen molar-refractivity contribution in [3.8, 4) is 0 Å². The van der Waals surface area contributed by atoms with Gasteiger partial charge >= 0.3 is 11.9 Å². The van der Waals surface area contributed by atoms with Crippen molar-refractivity contribution >= 4 is 0 Å². The van der Waals surface area contributed by atoms with E-state index in [9.17, 15) is 18.0 Å². The second-order valence-electron chi connectivity index (χ2n) is 4.64. The molecule has 1 aromatic rings. The van der Waals surface area contributed by atoms with Gasteiger partial charge in [-0.1, -0.05) is 20.8 Å². The molecule has 0 radical (unpaired) electrons. The Balaban J connectivity index is 3.59. The summed E-state index contributed by atoms with van der Waals surface area (Å²) in [7, 11) is 1.38. The summed E-state index contributed by atoms with van der Waals surface area (Å²) >= 11 is 0. The van der Waals surface area contributed by atoms with Crippen molar-refractivity contribution in [1.29, 1.82) is 0 Å². The molecule has 0 atom stereocenters. The van der Waals surface area contributed by atoms with Gasteiger partial charge in [0.2, 0.25) is 0 Å². The average molecular weight is 234 g/mol. The zero-order chi connectivity index (χ0) is 12.7. The zero-order valence-corrected chi connectivity index (χ0v) is 9.51. The summed E-state index contributed by atoms with van der Waals surface area (Å²) in [5.74, 6) is 0. The predicted octanol–water partition coefficient (Wildman–Crippen LogP) is 2.10. The van der Waals surface area contributed by atoms with Gasteiger partial charge in [-0.05, 0) is 5.41 Å². The summed E-state index contributed by atoms with van der Waals surface area (Å²) in [5.41, 5.74) is -2.70. The van der Waals surface area contributed by atoms with E-state index in [0.29, 0.717) is 0 Å². The maximum Gasteiger partial charge on any atom is 0.433 e. The fourth-order valence-corrected chi connectivity index (χ4v) is 1.31. The summed E-state index contributed by atoms with van der Waals surface area (Å²) in [6.07, 6.45) is -3.41. The van der Waals surface area contributed by atoms with Gasteiger partial charge in [-0.25, -0.2) is 4.79 Å². The first kappa shape index (κ1) is 12.7. The molecule has 0 N–H and O–H groups in total.